The van der Waals surface area contributed by atoms with Crippen LogP contribution >= 0.6 is 11.3 Å². The molecule has 464 valence electrons. The molecule has 3 aliphatic rings. The second-order valence-corrected chi connectivity index (χ2v) is 33.5. The molecule has 13 aromatic rings. The molecule has 0 amide bonds. The number of para-hydroxylation sites is 1. The summed E-state index contributed by atoms with van der Waals surface area (Å²) in [6.07, 6.45) is 2.27. The highest BCUT2D eigenvalue weighted by atomic mass is 32.1. The average molecular weight is 1230 g/mol. The summed E-state index contributed by atoms with van der Waals surface area (Å²) in [6, 6.07) is 74.2. The Balaban J connectivity index is 1.03. The van der Waals surface area contributed by atoms with Gasteiger partial charge in [-0.2, -0.15) is 0 Å². The lowest BCUT2D eigenvalue weighted by molar-refractivity contribution is 0.332. The van der Waals surface area contributed by atoms with E-state index in [0.717, 1.165) is 108 Å². The van der Waals surface area contributed by atoms with Gasteiger partial charge in [-0.15, -0.1) is 11.3 Å². The molecule has 0 atom stereocenters. The highest BCUT2D eigenvalue weighted by Crippen LogP contribution is 2.57. The van der Waals surface area contributed by atoms with Crippen molar-refractivity contribution in [1.29, 1.82) is 0 Å². The molecule has 0 N–H and O–H groups in total. The molecule has 3 aromatic heterocycles. The first-order chi connectivity index (χ1) is 44.1. The van der Waals surface area contributed by atoms with Gasteiger partial charge < -0.3 is 23.4 Å². The molecular weight excluding hydrogens is 1150 g/mol. The van der Waals surface area contributed by atoms with Crippen LogP contribution in [0.5, 0.6) is 0 Å². The molecule has 5 heterocycles. The molecule has 2 aliphatic heterocycles. The number of fused-ring (bicyclic) bond motifs is 14. The van der Waals surface area contributed by atoms with Crippen LogP contribution in [0.25, 0.3) is 76.2 Å². The minimum Gasteiger partial charge on any atom is -0.456 e. The zero-order valence-electron chi connectivity index (χ0n) is 57.0. The monoisotopic (exact) mass is 1230 g/mol. The van der Waals surface area contributed by atoms with E-state index >= 15 is 0 Å². The van der Waals surface area contributed by atoms with E-state index in [9.17, 15) is 0 Å². The summed E-state index contributed by atoms with van der Waals surface area (Å²) in [6.45, 7) is 37.2. The Morgan fingerprint density at radius 1 is 0.430 bits per heavy atom. The Morgan fingerprint density at radius 2 is 0.978 bits per heavy atom. The fourth-order valence-electron chi connectivity index (χ4n) is 15.5. The number of benzene rings is 10. The Labute approximate surface area is 553 Å². The fourth-order valence-corrected chi connectivity index (χ4v) is 16.8. The third kappa shape index (κ3) is 9.44. The molecule has 0 unspecified atom stereocenters. The van der Waals surface area contributed by atoms with Crippen molar-refractivity contribution < 1.29 is 8.83 Å². The Kier molecular flexibility index (Phi) is 13.0. The van der Waals surface area contributed by atoms with E-state index in [1.165, 1.54) is 70.5 Å². The molecule has 1 aliphatic carbocycles. The summed E-state index contributed by atoms with van der Waals surface area (Å²) >= 11 is 1.98. The third-order valence-electron chi connectivity index (χ3n) is 21.1. The van der Waals surface area contributed by atoms with Crippen LogP contribution in [0, 0.1) is 0 Å². The molecule has 0 saturated carbocycles. The zero-order valence-corrected chi connectivity index (χ0v) is 57.8. The van der Waals surface area contributed by atoms with E-state index in [1.54, 1.807) is 0 Å². The van der Waals surface area contributed by atoms with Gasteiger partial charge in [-0.1, -0.05) is 202 Å². The summed E-state index contributed by atoms with van der Waals surface area (Å²) in [5.41, 5.74) is 26.3. The highest BCUT2D eigenvalue weighted by molar-refractivity contribution is 7.32. The topological polar surface area (TPSA) is 36.0 Å². The highest BCUT2D eigenvalue weighted by Gasteiger charge is 2.50. The molecule has 0 fully saturated rings. The van der Waals surface area contributed by atoms with Crippen molar-refractivity contribution in [3.05, 3.63) is 228 Å². The van der Waals surface area contributed by atoms with Gasteiger partial charge >= 0.3 is 6.85 Å². The largest absolute Gasteiger partial charge is 0.456 e. The maximum absolute atomic E-state index is 7.45. The van der Waals surface area contributed by atoms with Crippen LogP contribution < -0.4 is 24.9 Å². The first-order valence-electron chi connectivity index (χ1n) is 33.6. The van der Waals surface area contributed by atoms with Gasteiger partial charge in [0.25, 0.3) is 0 Å². The summed E-state index contributed by atoms with van der Waals surface area (Å²) in [4.78, 5) is 7.78. The van der Waals surface area contributed by atoms with Gasteiger partial charge in [0.15, 0.2) is 0 Å². The minimum absolute atomic E-state index is 0.0124. The zero-order chi connectivity index (χ0) is 64.8. The fraction of sp³-hybridized carbons (Fsp3) is 0.279. The number of hydrogen-bond acceptors (Lipinski definition) is 6. The predicted molar refractivity (Wildman–Crippen MR) is 400 cm³/mol. The maximum Gasteiger partial charge on any atom is 0.343 e. The number of hydrogen-bond donors (Lipinski definition) is 0. The van der Waals surface area contributed by atoms with Gasteiger partial charge in [-0.05, 0) is 187 Å². The summed E-state index contributed by atoms with van der Waals surface area (Å²) in [5.74, 6) is 0. The summed E-state index contributed by atoms with van der Waals surface area (Å²) in [5, 5.41) is 5.59. The van der Waals surface area contributed by atoms with Crippen molar-refractivity contribution in [2.45, 2.75) is 156 Å². The second kappa shape index (κ2) is 20.4. The lowest BCUT2D eigenvalue weighted by Gasteiger charge is -2.45. The first kappa shape index (κ1) is 59.3. The third-order valence-corrected chi connectivity index (χ3v) is 22.3. The van der Waals surface area contributed by atoms with Crippen LogP contribution in [0.15, 0.2) is 203 Å². The molecular formula is C86H84BN3O2S. The smallest absolute Gasteiger partial charge is 0.343 e. The average Bonchev–Trinajstić information content (AvgIpc) is 1.63. The SMILES string of the molecule is CC(C)(C)c1ccc(N2B3c4sc5cc6c(cc5c4N(c4ccc(C(C)(C)C)cc4-c4ccccc4)c4cc5c(oc7ccccc75)c(c43)-c3cc4c(cc32)oc2ccc(N(c3ccc(C(C)(C)C)cc3)c3ccc(C(C)(C)C)cc3)cc24)C(C)(C)CCC6(C)C)cc1. The lowest BCUT2D eigenvalue weighted by atomic mass is 9.46. The van der Waals surface area contributed by atoms with E-state index in [0.29, 0.717) is 0 Å². The van der Waals surface area contributed by atoms with E-state index < -0.39 is 0 Å². The minimum atomic E-state index is -0.271. The Hall–Kier alpha value is -8.78. The van der Waals surface area contributed by atoms with Crippen molar-refractivity contribution in [2.75, 3.05) is 14.6 Å². The summed E-state index contributed by atoms with van der Waals surface area (Å²) in [7, 11) is 0. The Bertz CT molecular complexity index is 5130. The molecule has 16 rings (SSSR count). The maximum atomic E-state index is 7.45. The van der Waals surface area contributed by atoms with Crippen LogP contribution in [0.2, 0.25) is 0 Å². The second-order valence-electron chi connectivity index (χ2n) is 32.5. The molecule has 0 radical (unpaired) electrons. The van der Waals surface area contributed by atoms with Gasteiger partial charge in [0, 0.05) is 93.3 Å². The summed E-state index contributed by atoms with van der Waals surface area (Å²) < 4.78 is 17.3. The first-order valence-corrected chi connectivity index (χ1v) is 34.4. The van der Waals surface area contributed by atoms with Gasteiger partial charge in [-0.25, -0.2) is 0 Å². The lowest BCUT2D eigenvalue weighted by Crippen LogP contribution is -2.60. The van der Waals surface area contributed by atoms with Crippen LogP contribution in [0.1, 0.15) is 157 Å². The van der Waals surface area contributed by atoms with E-state index in [-0.39, 0.29) is 39.3 Å². The standard InChI is InChI=1S/C86H84BN3O2S/c1-81(2,3)52-26-33-56(34-27-52)88(57-35-28-53(29-36-57)82(4,5)6)59-39-41-73-62(45-59)63-46-65-70(50-74(63)91-73)90(58-37-30-54(31-38-58)83(7,8)9)87-77-71(48-64-60-24-20-21-25-72(60)92-79(64)76(65)77)89(69-40-32-55(84(10,11)12)44-61(69)51-22-18-17-19-23-51)78-66-47-67-68(49-75(66)93-80(78)87)86(15,16)43-42-85(67,13)14/h17-41,44-50H,42-43H2,1-16H3. The number of thiophene rings is 1. The number of furan rings is 2. The molecule has 93 heavy (non-hydrogen) atoms. The number of rotatable bonds is 6. The van der Waals surface area contributed by atoms with E-state index in [1.807, 2.05) is 11.3 Å². The van der Waals surface area contributed by atoms with Crippen molar-refractivity contribution in [3.8, 4) is 22.3 Å². The van der Waals surface area contributed by atoms with Gasteiger partial charge in [0.2, 0.25) is 0 Å². The van der Waals surface area contributed by atoms with Crippen molar-refractivity contribution in [2.24, 2.45) is 0 Å². The van der Waals surface area contributed by atoms with Gasteiger partial charge in [0.05, 0.1) is 11.4 Å². The van der Waals surface area contributed by atoms with Crippen molar-refractivity contribution in [3.63, 3.8) is 0 Å². The molecule has 0 spiro atoms. The van der Waals surface area contributed by atoms with Crippen molar-refractivity contribution >= 4 is 128 Å². The van der Waals surface area contributed by atoms with Crippen LogP contribution in [0.4, 0.5) is 45.5 Å². The predicted octanol–water partition coefficient (Wildman–Crippen LogP) is 24.1. The van der Waals surface area contributed by atoms with Crippen LogP contribution in [-0.2, 0) is 32.5 Å². The van der Waals surface area contributed by atoms with Crippen molar-refractivity contribution in [1.82, 2.24) is 0 Å². The van der Waals surface area contributed by atoms with Crippen LogP contribution in [0.3, 0.4) is 0 Å². The number of anilines is 8. The van der Waals surface area contributed by atoms with Crippen LogP contribution in [-0.4, -0.2) is 6.85 Å². The van der Waals surface area contributed by atoms with E-state index in [2.05, 4.69) is 320 Å². The van der Waals surface area contributed by atoms with Gasteiger partial charge in [0.1, 0.15) is 22.3 Å². The molecule has 7 heteroatoms. The molecule has 10 aromatic carbocycles. The molecule has 5 nitrogen and oxygen atoms in total. The van der Waals surface area contributed by atoms with E-state index in [4.69, 9.17) is 8.83 Å². The number of nitrogens with zero attached hydrogens (tertiary/aromatic N) is 3. The quantitative estimate of drug-likeness (QED) is 0.155. The van der Waals surface area contributed by atoms with Gasteiger partial charge in [-0.3, -0.25) is 0 Å². The molecule has 0 saturated heterocycles. The Morgan fingerprint density at radius 3 is 1.60 bits per heavy atom. The normalized spacial score (nSPS) is 15.3. The molecule has 0 bridgehead atoms.